The number of para-hydroxylation sites is 2. The van der Waals surface area contributed by atoms with Crippen molar-refractivity contribution in [3.8, 4) is 55.2 Å². The van der Waals surface area contributed by atoms with E-state index in [1.54, 1.807) is 11.3 Å². The Morgan fingerprint density at radius 1 is 0.370 bits per heavy atom. The maximum atomic E-state index is 6.61. The molecule has 3 nitrogen and oxygen atoms in total. The lowest BCUT2D eigenvalue weighted by atomic mass is 9.88. The molecule has 0 aliphatic heterocycles. The van der Waals surface area contributed by atoms with Crippen molar-refractivity contribution in [2.24, 2.45) is 0 Å². The number of furan rings is 1. The second-order valence-corrected chi connectivity index (χ2v) is 14.7. The number of rotatable bonds is 5. The first-order valence-electron chi connectivity index (χ1n) is 18.1. The van der Waals surface area contributed by atoms with Crippen molar-refractivity contribution < 1.29 is 4.42 Å². The molecule has 0 amide bonds. The van der Waals surface area contributed by atoms with Gasteiger partial charge in [0.1, 0.15) is 16.2 Å². The van der Waals surface area contributed by atoms with Crippen molar-refractivity contribution in [3.63, 3.8) is 0 Å². The molecule has 0 bridgehead atoms. The minimum absolute atomic E-state index is 0.857. The molecule has 0 saturated heterocycles. The van der Waals surface area contributed by atoms with Crippen LogP contribution in [0.25, 0.3) is 109 Å². The second kappa shape index (κ2) is 12.4. The fourth-order valence-electron chi connectivity index (χ4n) is 7.94. The number of hydrogen-bond acceptors (Lipinski definition) is 4. The lowest BCUT2D eigenvalue weighted by molar-refractivity contribution is 0.669. The molecule has 11 rings (SSSR count). The summed E-state index contributed by atoms with van der Waals surface area (Å²) in [7, 11) is 0. The fourth-order valence-corrected chi connectivity index (χ4v) is 8.89. The number of aromatic nitrogens is 2. The minimum Gasteiger partial charge on any atom is -0.456 e. The number of pyridine rings is 1. The van der Waals surface area contributed by atoms with E-state index in [0.29, 0.717) is 0 Å². The summed E-state index contributed by atoms with van der Waals surface area (Å²) in [5.74, 6) is 0. The molecule has 3 aromatic heterocycles. The average Bonchev–Trinajstić information content (AvgIpc) is 3.85. The molecule has 0 atom stereocenters. The van der Waals surface area contributed by atoms with E-state index < -0.39 is 0 Å². The fraction of sp³-hybridized carbons (Fsp3) is 0. The van der Waals surface area contributed by atoms with E-state index in [1.165, 1.54) is 15.6 Å². The van der Waals surface area contributed by atoms with Crippen LogP contribution in [0.1, 0.15) is 0 Å². The molecule has 0 aliphatic carbocycles. The van der Waals surface area contributed by atoms with E-state index in [1.807, 2.05) is 12.1 Å². The molecule has 0 N–H and O–H groups in total. The monoisotopic (exact) mass is 706 g/mol. The largest absolute Gasteiger partial charge is 0.456 e. The van der Waals surface area contributed by atoms with Crippen LogP contribution in [0.4, 0.5) is 0 Å². The number of thiazole rings is 1. The third kappa shape index (κ3) is 5.03. The molecule has 0 unspecified atom stereocenters. The van der Waals surface area contributed by atoms with Crippen LogP contribution in [0.2, 0.25) is 0 Å². The van der Waals surface area contributed by atoms with Gasteiger partial charge in [-0.05, 0) is 64.2 Å². The van der Waals surface area contributed by atoms with Crippen molar-refractivity contribution in [1.29, 1.82) is 0 Å². The molecular formula is C50H30N2OS. The van der Waals surface area contributed by atoms with Gasteiger partial charge in [0.25, 0.3) is 0 Å². The summed E-state index contributed by atoms with van der Waals surface area (Å²) in [6.45, 7) is 0. The topological polar surface area (TPSA) is 38.9 Å². The highest BCUT2D eigenvalue weighted by molar-refractivity contribution is 7.21. The first kappa shape index (κ1) is 30.7. The molecule has 4 heteroatoms. The zero-order valence-corrected chi connectivity index (χ0v) is 29.8. The van der Waals surface area contributed by atoms with Gasteiger partial charge in [0.05, 0.1) is 21.4 Å². The van der Waals surface area contributed by atoms with E-state index >= 15 is 0 Å². The number of hydrogen-bond donors (Lipinski definition) is 0. The van der Waals surface area contributed by atoms with Gasteiger partial charge >= 0.3 is 0 Å². The van der Waals surface area contributed by atoms with Crippen LogP contribution in [0.15, 0.2) is 186 Å². The van der Waals surface area contributed by atoms with Gasteiger partial charge in [-0.3, -0.25) is 0 Å². The van der Waals surface area contributed by atoms with Crippen LogP contribution in [0.5, 0.6) is 0 Å². The molecule has 0 saturated carbocycles. The quantitative estimate of drug-likeness (QED) is 0.167. The predicted molar refractivity (Wildman–Crippen MR) is 227 cm³/mol. The van der Waals surface area contributed by atoms with Gasteiger partial charge in [-0.1, -0.05) is 146 Å². The van der Waals surface area contributed by atoms with E-state index in [2.05, 4.69) is 170 Å². The van der Waals surface area contributed by atoms with E-state index in [-0.39, 0.29) is 0 Å². The van der Waals surface area contributed by atoms with Crippen LogP contribution < -0.4 is 0 Å². The zero-order chi connectivity index (χ0) is 35.6. The Hall–Kier alpha value is -6.88. The zero-order valence-electron chi connectivity index (χ0n) is 29.0. The highest BCUT2D eigenvalue weighted by Gasteiger charge is 2.22. The Labute approximate surface area is 315 Å². The second-order valence-electron chi connectivity index (χ2n) is 13.7. The maximum absolute atomic E-state index is 6.61. The molecule has 8 aromatic carbocycles. The van der Waals surface area contributed by atoms with Crippen LogP contribution in [0.3, 0.4) is 0 Å². The van der Waals surface area contributed by atoms with Crippen molar-refractivity contribution in [1.82, 2.24) is 9.97 Å². The van der Waals surface area contributed by atoms with E-state index in [4.69, 9.17) is 14.4 Å². The van der Waals surface area contributed by atoms with E-state index in [0.717, 1.165) is 93.4 Å². The number of nitrogens with zero attached hydrogens (tertiary/aromatic N) is 2. The summed E-state index contributed by atoms with van der Waals surface area (Å²) in [5, 5.41) is 6.65. The molecule has 0 spiro atoms. The van der Waals surface area contributed by atoms with Crippen LogP contribution >= 0.6 is 11.3 Å². The van der Waals surface area contributed by atoms with Gasteiger partial charge in [0.2, 0.25) is 0 Å². The molecule has 0 radical (unpaired) electrons. The first-order valence-corrected chi connectivity index (χ1v) is 19.0. The minimum atomic E-state index is 0.857. The molecular weight excluding hydrogens is 677 g/mol. The van der Waals surface area contributed by atoms with Crippen LogP contribution in [0, 0.1) is 0 Å². The summed E-state index contributed by atoms with van der Waals surface area (Å²) < 4.78 is 7.81. The molecule has 0 fully saturated rings. The Bertz CT molecular complexity index is 3200. The van der Waals surface area contributed by atoms with E-state index in [9.17, 15) is 0 Å². The first-order chi connectivity index (χ1) is 26.7. The van der Waals surface area contributed by atoms with Crippen molar-refractivity contribution in [2.45, 2.75) is 0 Å². The number of benzene rings is 8. The van der Waals surface area contributed by atoms with Crippen molar-refractivity contribution in [2.75, 3.05) is 0 Å². The normalized spacial score (nSPS) is 11.7. The third-order valence-electron chi connectivity index (χ3n) is 10.5. The lowest BCUT2D eigenvalue weighted by Crippen LogP contribution is -1.93. The Kier molecular flexibility index (Phi) is 7.04. The molecule has 0 aliphatic rings. The van der Waals surface area contributed by atoms with Gasteiger partial charge in [-0.25, -0.2) is 9.97 Å². The summed E-state index contributed by atoms with van der Waals surface area (Å²) in [6.07, 6.45) is 0. The van der Waals surface area contributed by atoms with Gasteiger partial charge in [0.15, 0.2) is 0 Å². The molecule has 252 valence electrons. The summed E-state index contributed by atoms with van der Waals surface area (Å²) in [4.78, 5) is 10.2. The highest BCUT2D eigenvalue weighted by atomic mass is 32.1. The standard InChI is InChI=1S/C50H30N2OS/c1-3-12-33(13-4-1)49-40-30-44-48(39-19-8-10-21-43(39)53-44)46(47(40)38-18-7-9-20-41(38)51-49)37-17-11-16-35(28-37)31-22-24-32(25-23-31)36-26-27-45-42(29-36)52-50(54-45)34-14-5-2-6-15-34/h1-30H. The average molecular weight is 707 g/mol. The third-order valence-corrected chi connectivity index (χ3v) is 11.6. The highest BCUT2D eigenvalue weighted by Crippen LogP contribution is 2.47. The van der Waals surface area contributed by atoms with Gasteiger partial charge in [0, 0.05) is 43.6 Å². The van der Waals surface area contributed by atoms with Gasteiger partial charge < -0.3 is 4.42 Å². The summed E-state index contributed by atoms with van der Waals surface area (Å²) in [6, 6.07) is 64.4. The van der Waals surface area contributed by atoms with Gasteiger partial charge in [-0.15, -0.1) is 11.3 Å². The lowest BCUT2D eigenvalue weighted by Gasteiger charge is -2.16. The molecule has 11 aromatic rings. The van der Waals surface area contributed by atoms with Crippen LogP contribution in [-0.4, -0.2) is 9.97 Å². The van der Waals surface area contributed by atoms with Crippen molar-refractivity contribution in [3.05, 3.63) is 182 Å². The Balaban J connectivity index is 1.07. The maximum Gasteiger partial charge on any atom is 0.136 e. The molecule has 3 heterocycles. The van der Waals surface area contributed by atoms with Crippen molar-refractivity contribution >= 4 is 65.2 Å². The van der Waals surface area contributed by atoms with Crippen LogP contribution in [-0.2, 0) is 0 Å². The van der Waals surface area contributed by atoms with Gasteiger partial charge in [-0.2, -0.15) is 0 Å². The Morgan fingerprint density at radius 3 is 1.80 bits per heavy atom. The number of fused-ring (bicyclic) bond motifs is 7. The Morgan fingerprint density at radius 2 is 1.00 bits per heavy atom. The summed E-state index contributed by atoms with van der Waals surface area (Å²) in [5.41, 5.74) is 13.8. The SMILES string of the molecule is c1ccc(-c2nc3cc(-c4ccc(-c5cccc(-c6c7c(cc8c(-c9ccccc9)nc9ccccc9c68)oc6ccccc67)c5)cc4)ccc3s2)cc1. The predicted octanol–water partition coefficient (Wildman–Crippen LogP) is 14.2. The summed E-state index contributed by atoms with van der Waals surface area (Å²) >= 11 is 1.74. The smallest absolute Gasteiger partial charge is 0.136 e. The molecule has 54 heavy (non-hydrogen) atoms.